The van der Waals surface area contributed by atoms with Crippen LogP contribution in [0.5, 0.6) is 0 Å². The van der Waals surface area contributed by atoms with Gasteiger partial charge in [0.1, 0.15) is 11.6 Å². The van der Waals surface area contributed by atoms with Crippen molar-refractivity contribution in [2.45, 2.75) is 0 Å². The summed E-state index contributed by atoms with van der Waals surface area (Å²) >= 11 is 0. The molecule has 0 amide bonds. The van der Waals surface area contributed by atoms with Crippen LogP contribution in [0, 0.1) is 0 Å². The third kappa shape index (κ3) is 3.30. The van der Waals surface area contributed by atoms with E-state index >= 15 is 0 Å². The summed E-state index contributed by atoms with van der Waals surface area (Å²) in [5.74, 6) is 0.590. The molecule has 2 heterocycles. The second kappa shape index (κ2) is 7.95. The number of carbonyl (C=O) groups is 1. The molecule has 0 saturated carbocycles. The third-order valence-corrected chi connectivity index (χ3v) is 6.52. The number of carboxylic acids is 1. The van der Waals surface area contributed by atoms with Gasteiger partial charge in [0.15, 0.2) is 0 Å². The number of fused-ring (bicyclic) bond motifs is 2. The molecule has 0 spiro atoms. The van der Waals surface area contributed by atoms with Crippen LogP contribution in [-0.4, -0.2) is 30.2 Å². The van der Waals surface area contributed by atoms with Crippen LogP contribution in [0.2, 0.25) is 0 Å². The van der Waals surface area contributed by atoms with Crippen LogP contribution in [-0.2, 0) is 14.1 Å². The van der Waals surface area contributed by atoms with Gasteiger partial charge in [-0.2, -0.15) is 0 Å². The highest BCUT2D eigenvalue weighted by atomic mass is 16.4. The summed E-state index contributed by atoms with van der Waals surface area (Å²) in [6.07, 6.45) is 0. The van der Waals surface area contributed by atoms with Gasteiger partial charge in [-0.1, -0.05) is 60.7 Å². The standard InChI is InChI=1S/C29H22N4O2/c1-32-25-14-7-6-12-23(25)30-27(32)19-15-16-20(18-9-4-3-5-10-18)22(17-19)28-31-24-13-8-11-21(29(34)35)26(24)33(28)2/h3-17H,1-2H3,(H,34,35). The Hall–Kier alpha value is -4.71. The minimum atomic E-state index is -0.970. The first-order chi connectivity index (χ1) is 17.0. The average Bonchev–Trinajstić information content (AvgIpc) is 3.41. The number of nitrogens with zero attached hydrogens (tertiary/aromatic N) is 4. The highest BCUT2D eigenvalue weighted by Crippen LogP contribution is 2.37. The number of carboxylic acid groups (broad SMARTS) is 1. The maximum atomic E-state index is 11.9. The van der Waals surface area contributed by atoms with Crippen LogP contribution in [0.3, 0.4) is 0 Å². The molecular weight excluding hydrogens is 436 g/mol. The van der Waals surface area contributed by atoms with E-state index in [1.165, 1.54) is 0 Å². The molecule has 0 bridgehead atoms. The first kappa shape index (κ1) is 20.9. The van der Waals surface area contributed by atoms with Gasteiger partial charge in [-0.05, 0) is 41.5 Å². The number of hydrogen-bond acceptors (Lipinski definition) is 3. The fraction of sp³-hybridized carbons (Fsp3) is 0.0690. The summed E-state index contributed by atoms with van der Waals surface area (Å²) in [5.41, 5.74) is 7.43. The molecule has 2 aromatic heterocycles. The van der Waals surface area contributed by atoms with E-state index < -0.39 is 5.97 Å². The van der Waals surface area contributed by atoms with Crippen molar-refractivity contribution in [2.75, 3.05) is 0 Å². The Morgan fingerprint density at radius 1 is 0.686 bits per heavy atom. The summed E-state index contributed by atoms with van der Waals surface area (Å²) < 4.78 is 3.97. The van der Waals surface area contributed by atoms with E-state index in [2.05, 4.69) is 41.0 Å². The molecule has 6 heteroatoms. The molecule has 170 valence electrons. The van der Waals surface area contributed by atoms with Crippen molar-refractivity contribution < 1.29 is 9.90 Å². The van der Waals surface area contributed by atoms with Crippen molar-refractivity contribution in [3.8, 4) is 33.9 Å². The maximum Gasteiger partial charge on any atom is 0.337 e. The molecule has 0 saturated heterocycles. The van der Waals surface area contributed by atoms with Crippen molar-refractivity contribution in [3.63, 3.8) is 0 Å². The first-order valence-corrected chi connectivity index (χ1v) is 11.3. The minimum Gasteiger partial charge on any atom is -0.478 e. The highest BCUT2D eigenvalue weighted by molar-refractivity contribution is 6.02. The van der Waals surface area contributed by atoms with Gasteiger partial charge >= 0.3 is 5.97 Å². The molecule has 0 fully saturated rings. The van der Waals surface area contributed by atoms with Crippen molar-refractivity contribution in [2.24, 2.45) is 14.1 Å². The van der Waals surface area contributed by atoms with E-state index in [0.29, 0.717) is 16.9 Å². The minimum absolute atomic E-state index is 0.233. The van der Waals surface area contributed by atoms with Crippen molar-refractivity contribution in [1.82, 2.24) is 19.1 Å². The van der Waals surface area contributed by atoms with Gasteiger partial charge in [0.2, 0.25) is 0 Å². The Balaban J connectivity index is 1.64. The monoisotopic (exact) mass is 458 g/mol. The van der Waals surface area contributed by atoms with E-state index in [9.17, 15) is 9.90 Å². The smallest absolute Gasteiger partial charge is 0.337 e. The van der Waals surface area contributed by atoms with Crippen LogP contribution in [0.1, 0.15) is 10.4 Å². The van der Waals surface area contributed by atoms with Crippen molar-refractivity contribution in [1.29, 1.82) is 0 Å². The fourth-order valence-corrected chi connectivity index (χ4v) is 4.82. The predicted octanol–water partition coefficient (Wildman–Crippen LogP) is 6.16. The summed E-state index contributed by atoms with van der Waals surface area (Å²) in [4.78, 5) is 21.7. The molecule has 0 unspecified atom stereocenters. The summed E-state index contributed by atoms with van der Waals surface area (Å²) in [5, 5.41) is 9.76. The van der Waals surface area contributed by atoms with Crippen LogP contribution >= 0.6 is 0 Å². The van der Waals surface area contributed by atoms with Crippen LogP contribution < -0.4 is 0 Å². The van der Waals surface area contributed by atoms with Crippen molar-refractivity contribution in [3.05, 3.63) is 96.6 Å². The number of aromatic nitrogens is 4. The lowest BCUT2D eigenvalue weighted by atomic mass is 9.96. The van der Waals surface area contributed by atoms with E-state index in [4.69, 9.17) is 9.97 Å². The Bertz CT molecular complexity index is 1750. The van der Waals surface area contributed by atoms with E-state index in [1.54, 1.807) is 12.1 Å². The van der Waals surface area contributed by atoms with Crippen molar-refractivity contribution >= 4 is 28.0 Å². The largest absolute Gasteiger partial charge is 0.478 e. The van der Waals surface area contributed by atoms with Crippen LogP contribution in [0.4, 0.5) is 0 Å². The fourth-order valence-electron chi connectivity index (χ4n) is 4.82. The predicted molar refractivity (Wildman–Crippen MR) is 138 cm³/mol. The lowest BCUT2D eigenvalue weighted by Crippen LogP contribution is -2.02. The van der Waals surface area contributed by atoms with Gasteiger partial charge in [0.25, 0.3) is 0 Å². The number of hydrogen-bond donors (Lipinski definition) is 1. The summed E-state index contributed by atoms with van der Waals surface area (Å²) in [6, 6.07) is 29.7. The lowest BCUT2D eigenvalue weighted by molar-refractivity contribution is 0.0698. The Morgan fingerprint density at radius 3 is 2.17 bits per heavy atom. The van der Waals surface area contributed by atoms with Gasteiger partial charge in [0, 0.05) is 25.2 Å². The quantitative estimate of drug-likeness (QED) is 0.343. The molecule has 0 aliphatic carbocycles. The average molecular weight is 459 g/mol. The number of para-hydroxylation sites is 3. The number of aryl methyl sites for hydroxylation is 2. The Labute approximate surface area is 201 Å². The zero-order valence-corrected chi connectivity index (χ0v) is 19.3. The molecule has 6 nitrogen and oxygen atoms in total. The zero-order valence-electron chi connectivity index (χ0n) is 19.3. The zero-order chi connectivity index (χ0) is 24.1. The number of imidazole rings is 2. The number of aromatic carboxylic acids is 1. The van der Waals surface area contributed by atoms with Gasteiger partial charge in [0.05, 0.1) is 27.6 Å². The normalized spacial score (nSPS) is 11.4. The lowest BCUT2D eigenvalue weighted by Gasteiger charge is -2.13. The molecule has 0 aliphatic rings. The highest BCUT2D eigenvalue weighted by Gasteiger charge is 2.20. The van der Waals surface area contributed by atoms with Gasteiger partial charge in [-0.3, -0.25) is 0 Å². The maximum absolute atomic E-state index is 11.9. The third-order valence-electron chi connectivity index (χ3n) is 6.52. The van der Waals surface area contributed by atoms with Crippen LogP contribution in [0.25, 0.3) is 56.0 Å². The SMILES string of the molecule is Cn1c(-c2ccc(-c3ccccc3)c(-c3nc4cccc(C(=O)O)c4n3C)c2)nc2ccccc21. The van der Waals surface area contributed by atoms with E-state index in [1.807, 2.05) is 61.1 Å². The molecule has 0 aliphatic heterocycles. The van der Waals surface area contributed by atoms with E-state index in [-0.39, 0.29) is 5.56 Å². The van der Waals surface area contributed by atoms with E-state index in [0.717, 1.165) is 39.1 Å². The first-order valence-electron chi connectivity index (χ1n) is 11.3. The molecule has 6 aromatic rings. The molecule has 0 atom stereocenters. The Morgan fingerprint density at radius 2 is 1.40 bits per heavy atom. The molecule has 4 aromatic carbocycles. The van der Waals surface area contributed by atoms with Gasteiger partial charge in [-0.25, -0.2) is 14.8 Å². The van der Waals surface area contributed by atoms with Gasteiger partial charge < -0.3 is 14.2 Å². The molecule has 1 N–H and O–H groups in total. The second-order valence-electron chi connectivity index (χ2n) is 8.58. The van der Waals surface area contributed by atoms with Crippen LogP contribution in [0.15, 0.2) is 91.0 Å². The topological polar surface area (TPSA) is 72.9 Å². The molecule has 6 rings (SSSR count). The number of rotatable bonds is 4. The number of benzene rings is 4. The Kier molecular flexibility index (Phi) is 4.74. The van der Waals surface area contributed by atoms with Gasteiger partial charge in [-0.15, -0.1) is 0 Å². The molecule has 35 heavy (non-hydrogen) atoms. The summed E-state index contributed by atoms with van der Waals surface area (Å²) in [6.45, 7) is 0. The molecule has 0 radical (unpaired) electrons. The summed E-state index contributed by atoms with van der Waals surface area (Å²) in [7, 11) is 3.89. The molecular formula is C29H22N4O2. The second-order valence-corrected chi connectivity index (χ2v) is 8.58.